The summed E-state index contributed by atoms with van der Waals surface area (Å²) in [5, 5.41) is 0. The Hall–Kier alpha value is -12.7. The molecule has 0 fully saturated rings. The molecule has 0 aliphatic heterocycles. The molecule has 2 aliphatic rings. The average molecular weight is 1230 g/mol. The zero-order valence-corrected chi connectivity index (χ0v) is 53.1. The second-order valence-corrected chi connectivity index (χ2v) is 25.4. The van der Waals surface area contributed by atoms with Gasteiger partial charge in [-0.1, -0.05) is 322 Å². The Morgan fingerprint density at radius 3 is 0.670 bits per heavy atom. The van der Waals surface area contributed by atoms with Crippen LogP contribution < -0.4 is 0 Å². The highest BCUT2D eigenvalue weighted by Crippen LogP contribution is 2.63. The maximum atomic E-state index is 5.28. The molecule has 3 nitrogen and oxygen atoms in total. The fourth-order valence-corrected chi connectivity index (χ4v) is 15.0. The Kier molecular flexibility index (Phi) is 14.1. The number of fused-ring (bicyclic) bond motifs is 10. The molecule has 0 atom stereocenters. The topological polar surface area (TPSA) is 38.7 Å². The summed E-state index contributed by atoms with van der Waals surface area (Å²) in [7, 11) is 0. The summed E-state index contributed by atoms with van der Waals surface area (Å²) >= 11 is 0. The molecular weight excluding hydrogens is 1170 g/mol. The summed E-state index contributed by atoms with van der Waals surface area (Å²) in [4.78, 5) is 15.8. The summed E-state index contributed by atoms with van der Waals surface area (Å²) in [5.74, 6) is 1.80. The van der Waals surface area contributed by atoms with Crippen LogP contribution in [0.25, 0.3) is 157 Å². The Morgan fingerprint density at radius 1 is 0.134 bits per heavy atom. The summed E-state index contributed by atoms with van der Waals surface area (Å²) < 4.78 is 0. The van der Waals surface area contributed by atoms with Gasteiger partial charge in [0.25, 0.3) is 0 Å². The van der Waals surface area contributed by atoms with Crippen LogP contribution in [0.4, 0.5) is 0 Å². The van der Waals surface area contributed by atoms with E-state index >= 15 is 0 Å². The average Bonchev–Trinajstić information content (AvgIpc) is 1.51. The van der Waals surface area contributed by atoms with Crippen molar-refractivity contribution in [3.8, 4) is 157 Å². The van der Waals surface area contributed by atoms with Gasteiger partial charge >= 0.3 is 0 Å². The second kappa shape index (κ2) is 24.0. The van der Waals surface area contributed by atoms with E-state index in [1.54, 1.807) is 0 Å². The Bertz CT molecular complexity index is 5630. The second-order valence-electron chi connectivity index (χ2n) is 25.4. The highest BCUT2D eigenvalue weighted by molar-refractivity contribution is 5.96. The predicted molar refractivity (Wildman–Crippen MR) is 401 cm³/mol. The number of nitrogens with zero attached hydrogens (tertiary/aromatic N) is 3. The third-order valence-electron chi connectivity index (χ3n) is 19.8. The van der Waals surface area contributed by atoms with Crippen molar-refractivity contribution in [3.63, 3.8) is 0 Å². The van der Waals surface area contributed by atoms with Gasteiger partial charge in [-0.25, -0.2) is 15.0 Å². The number of hydrogen-bond acceptors (Lipinski definition) is 3. The van der Waals surface area contributed by atoms with Crippen LogP contribution in [-0.4, -0.2) is 15.0 Å². The fraction of sp³-hybridized carbons (Fsp3) is 0.0106. The van der Waals surface area contributed by atoms with E-state index in [4.69, 9.17) is 15.0 Å². The van der Waals surface area contributed by atoms with Crippen molar-refractivity contribution >= 4 is 0 Å². The highest BCUT2D eigenvalue weighted by atomic mass is 15.0. The molecule has 2 aliphatic carbocycles. The minimum Gasteiger partial charge on any atom is -0.208 e. The minimum absolute atomic E-state index is 0.394. The number of benzene rings is 15. The number of rotatable bonds is 12. The lowest BCUT2D eigenvalue weighted by atomic mass is 9.70. The summed E-state index contributed by atoms with van der Waals surface area (Å²) in [6.07, 6.45) is 0. The molecule has 0 bridgehead atoms. The van der Waals surface area contributed by atoms with Crippen LogP contribution in [0, 0.1) is 0 Å². The predicted octanol–water partition coefficient (Wildman–Crippen LogP) is 24.2. The van der Waals surface area contributed by atoms with Gasteiger partial charge in [0.2, 0.25) is 0 Å². The summed E-state index contributed by atoms with van der Waals surface area (Å²) in [5.41, 5.74) is 33.7. The fourth-order valence-electron chi connectivity index (χ4n) is 15.0. The van der Waals surface area contributed by atoms with Crippen LogP contribution in [0.15, 0.2) is 370 Å². The lowest BCUT2D eigenvalue weighted by Crippen LogP contribution is -2.25. The van der Waals surface area contributed by atoms with Crippen LogP contribution in [0.1, 0.15) is 22.3 Å². The summed E-state index contributed by atoms with van der Waals surface area (Å²) in [6.45, 7) is 0. The van der Waals surface area contributed by atoms with Crippen molar-refractivity contribution in [2.45, 2.75) is 5.41 Å². The minimum atomic E-state index is -0.394. The van der Waals surface area contributed by atoms with Gasteiger partial charge in [-0.05, 0) is 193 Å². The molecule has 97 heavy (non-hydrogen) atoms. The molecule has 1 aromatic heterocycles. The maximum absolute atomic E-state index is 5.28. The third-order valence-corrected chi connectivity index (χ3v) is 19.8. The van der Waals surface area contributed by atoms with E-state index in [1.165, 1.54) is 89.0 Å². The zero-order chi connectivity index (χ0) is 64.2. The molecule has 18 rings (SSSR count). The van der Waals surface area contributed by atoms with Crippen LogP contribution in [0.5, 0.6) is 0 Å². The Morgan fingerprint density at radius 2 is 0.340 bits per heavy atom. The lowest BCUT2D eigenvalue weighted by Gasteiger charge is -2.30. The van der Waals surface area contributed by atoms with E-state index in [2.05, 4.69) is 370 Å². The van der Waals surface area contributed by atoms with Crippen LogP contribution in [-0.2, 0) is 5.41 Å². The molecule has 1 spiro atoms. The molecule has 0 saturated carbocycles. The molecule has 0 unspecified atom stereocenters. The molecular formula is C94H61N3. The first kappa shape index (κ1) is 57.0. The molecule has 0 N–H and O–H groups in total. The Labute approximate surface area is 565 Å². The van der Waals surface area contributed by atoms with E-state index in [1.807, 2.05) is 0 Å². The lowest BCUT2D eigenvalue weighted by molar-refractivity contribution is 0.794. The number of aromatic nitrogens is 3. The maximum Gasteiger partial charge on any atom is 0.164 e. The molecule has 0 radical (unpaired) electrons. The van der Waals surface area contributed by atoms with Gasteiger partial charge in [0, 0.05) is 16.7 Å². The van der Waals surface area contributed by atoms with Gasteiger partial charge in [0.05, 0.1) is 5.41 Å². The SMILES string of the molecule is c1ccc(-c2cccc(-c3ccc(-c4nc(-c5ccc(-c6cccc(-c7cccc(-c8cccc(-c9ccc%10c(c9)C9(c%11ccccc%11-c%11ccccc%119)c9ccccc9-%10)c8)c7)c6)cc5)nc(-c5cccc(-c6cccc(-c7cccc(-c8ccccc8)c7)c6)c5)n4)cc3)c2)cc1. The molecule has 0 amide bonds. The van der Waals surface area contributed by atoms with Crippen molar-refractivity contribution in [2.24, 2.45) is 0 Å². The first-order chi connectivity index (χ1) is 48.0. The van der Waals surface area contributed by atoms with E-state index in [0.717, 1.165) is 72.3 Å². The third kappa shape index (κ3) is 10.3. The normalized spacial score (nSPS) is 12.2. The van der Waals surface area contributed by atoms with Gasteiger partial charge in [-0.3, -0.25) is 0 Å². The monoisotopic (exact) mass is 1230 g/mol. The van der Waals surface area contributed by atoms with E-state index < -0.39 is 5.41 Å². The van der Waals surface area contributed by atoms with Crippen molar-refractivity contribution in [3.05, 3.63) is 392 Å². The molecule has 16 aromatic rings. The Balaban J connectivity index is 0.652. The largest absolute Gasteiger partial charge is 0.208 e. The van der Waals surface area contributed by atoms with Gasteiger partial charge in [0.1, 0.15) is 0 Å². The van der Waals surface area contributed by atoms with Crippen LogP contribution >= 0.6 is 0 Å². The van der Waals surface area contributed by atoms with Crippen LogP contribution in [0.2, 0.25) is 0 Å². The molecule has 1 heterocycles. The van der Waals surface area contributed by atoms with Crippen molar-refractivity contribution in [1.29, 1.82) is 0 Å². The first-order valence-corrected chi connectivity index (χ1v) is 33.3. The van der Waals surface area contributed by atoms with Crippen molar-refractivity contribution in [2.75, 3.05) is 0 Å². The zero-order valence-electron chi connectivity index (χ0n) is 53.1. The summed E-state index contributed by atoms with van der Waals surface area (Å²) in [6, 6.07) is 134. The first-order valence-electron chi connectivity index (χ1n) is 33.3. The van der Waals surface area contributed by atoms with Gasteiger partial charge in [-0.15, -0.1) is 0 Å². The van der Waals surface area contributed by atoms with E-state index in [0.29, 0.717) is 17.5 Å². The van der Waals surface area contributed by atoms with E-state index in [9.17, 15) is 0 Å². The van der Waals surface area contributed by atoms with Gasteiger partial charge < -0.3 is 0 Å². The highest BCUT2D eigenvalue weighted by Gasteiger charge is 2.51. The molecule has 15 aromatic carbocycles. The smallest absolute Gasteiger partial charge is 0.164 e. The standard InChI is InChI=1S/C94H61N3/c1-3-20-62(21-4-1)68-24-13-26-70(54-68)64-44-48-66(49-45-64)91-95-92(97-93(96-91)82-37-19-36-80(60-82)78-34-17-31-75(58-78)72-28-14-25-69(55-72)63-22-5-2-6-23-63)67-50-46-65(47-51-67)71-27-15-29-73(56-71)74-30-16-32-76(57-74)77-33-18-35-79(59-77)81-52-53-86-85-40-9-12-43-89(85)94(90(86)61-81)87-41-10-7-38-83(87)84-39-8-11-42-88(84)94/h1-61H. The van der Waals surface area contributed by atoms with Crippen molar-refractivity contribution < 1.29 is 0 Å². The molecule has 452 valence electrons. The van der Waals surface area contributed by atoms with Crippen molar-refractivity contribution in [1.82, 2.24) is 15.0 Å². The molecule has 0 saturated heterocycles. The number of hydrogen-bond donors (Lipinski definition) is 0. The van der Waals surface area contributed by atoms with Gasteiger partial charge in [-0.2, -0.15) is 0 Å². The van der Waals surface area contributed by atoms with E-state index in [-0.39, 0.29) is 0 Å². The quantitative estimate of drug-likeness (QED) is 0.122. The molecule has 3 heteroatoms. The van der Waals surface area contributed by atoms with Crippen LogP contribution in [0.3, 0.4) is 0 Å². The van der Waals surface area contributed by atoms with Gasteiger partial charge in [0.15, 0.2) is 17.5 Å².